The van der Waals surface area contributed by atoms with E-state index in [2.05, 4.69) is 5.32 Å². The lowest BCUT2D eigenvalue weighted by molar-refractivity contribution is -0.145. The molecular weight excluding hydrogens is 258 g/mol. The smallest absolute Gasteiger partial charge is 0.344 e. The van der Waals surface area contributed by atoms with E-state index in [9.17, 15) is 4.79 Å². The van der Waals surface area contributed by atoms with Gasteiger partial charge in [-0.05, 0) is 37.5 Å². The van der Waals surface area contributed by atoms with Gasteiger partial charge in [0.15, 0.2) is 18.1 Å². The molecule has 1 fully saturated rings. The molecule has 110 valence electrons. The summed E-state index contributed by atoms with van der Waals surface area (Å²) in [4.78, 5) is 11.3. The van der Waals surface area contributed by atoms with Crippen molar-refractivity contribution in [2.75, 3.05) is 20.3 Å². The Hall–Kier alpha value is -1.75. The number of benzene rings is 1. The third-order valence-corrected chi connectivity index (χ3v) is 3.05. The van der Waals surface area contributed by atoms with Gasteiger partial charge in [0.05, 0.1) is 13.7 Å². The van der Waals surface area contributed by atoms with Gasteiger partial charge in [-0.15, -0.1) is 0 Å². The molecular formula is C15H21NO4. The summed E-state index contributed by atoms with van der Waals surface area (Å²) in [5.74, 6) is 0.800. The molecule has 5 heteroatoms. The maximum absolute atomic E-state index is 11.3. The molecule has 0 bridgehead atoms. The first-order chi connectivity index (χ1) is 9.72. The fourth-order valence-electron chi connectivity index (χ4n) is 1.83. The molecule has 1 aromatic rings. The van der Waals surface area contributed by atoms with Gasteiger partial charge in [0.25, 0.3) is 0 Å². The Morgan fingerprint density at radius 1 is 1.35 bits per heavy atom. The minimum atomic E-state index is -0.381. The summed E-state index contributed by atoms with van der Waals surface area (Å²) >= 11 is 0. The number of esters is 1. The van der Waals surface area contributed by atoms with Gasteiger partial charge in [-0.25, -0.2) is 4.79 Å². The quantitative estimate of drug-likeness (QED) is 0.736. The maximum Gasteiger partial charge on any atom is 0.344 e. The van der Waals surface area contributed by atoms with Crippen LogP contribution in [0, 0.1) is 0 Å². The second-order valence-corrected chi connectivity index (χ2v) is 4.73. The van der Waals surface area contributed by atoms with E-state index in [-0.39, 0.29) is 12.6 Å². The second-order valence-electron chi connectivity index (χ2n) is 4.73. The van der Waals surface area contributed by atoms with Crippen molar-refractivity contribution in [2.24, 2.45) is 0 Å². The molecule has 1 aromatic carbocycles. The van der Waals surface area contributed by atoms with Gasteiger partial charge in [-0.3, -0.25) is 0 Å². The number of carbonyl (C=O) groups excluding carboxylic acids is 1. The number of rotatable bonds is 8. The van der Waals surface area contributed by atoms with E-state index in [4.69, 9.17) is 14.2 Å². The normalized spacial score (nSPS) is 13.9. The molecule has 0 unspecified atom stereocenters. The lowest BCUT2D eigenvalue weighted by Crippen LogP contribution is -2.16. The van der Waals surface area contributed by atoms with Crippen LogP contribution >= 0.6 is 0 Å². The van der Waals surface area contributed by atoms with Crippen molar-refractivity contribution in [3.05, 3.63) is 23.8 Å². The third-order valence-electron chi connectivity index (χ3n) is 3.05. The first-order valence-electron chi connectivity index (χ1n) is 6.91. The summed E-state index contributed by atoms with van der Waals surface area (Å²) in [7, 11) is 1.59. The predicted molar refractivity (Wildman–Crippen MR) is 75.0 cm³/mol. The van der Waals surface area contributed by atoms with Crippen LogP contribution in [0.25, 0.3) is 0 Å². The van der Waals surface area contributed by atoms with Crippen LogP contribution in [0.3, 0.4) is 0 Å². The van der Waals surface area contributed by atoms with E-state index in [0.29, 0.717) is 24.1 Å². The molecule has 5 nitrogen and oxygen atoms in total. The van der Waals surface area contributed by atoms with E-state index in [1.807, 2.05) is 18.2 Å². The van der Waals surface area contributed by atoms with Crippen molar-refractivity contribution in [3.8, 4) is 11.5 Å². The first-order valence-corrected chi connectivity index (χ1v) is 6.91. The average Bonchev–Trinajstić information content (AvgIpc) is 3.27. The van der Waals surface area contributed by atoms with Crippen LogP contribution in [0.4, 0.5) is 0 Å². The third kappa shape index (κ3) is 4.42. The number of hydrogen-bond acceptors (Lipinski definition) is 5. The fourth-order valence-corrected chi connectivity index (χ4v) is 1.83. The van der Waals surface area contributed by atoms with Crippen molar-refractivity contribution >= 4 is 5.97 Å². The highest BCUT2D eigenvalue weighted by Crippen LogP contribution is 2.28. The largest absolute Gasteiger partial charge is 0.493 e. The minimum absolute atomic E-state index is 0.107. The summed E-state index contributed by atoms with van der Waals surface area (Å²) in [6.07, 6.45) is 2.52. The summed E-state index contributed by atoms with van der Waals surface area (Å²) in [6, 6.07) is 6.39. The van der Waals surface area contributed by atoms with Crippen LogP contribution in [0.5, 0.6) is 11.5 Å². The minimum Gasteiger partial charge on any atom is -0.493 e. The van der Waals surface area contributed by atoms with Crippen LogP contribution in [0.2, 0.25) is 0 Å². The van der Waals surface area contributed by atoms with E-state index in [1.165, 1.54) is 12.8 Å². The topological polar surface area (TPSA) is 56.8 Å². The van der Waals surface area contributed by atoms with Crippen molar-refractivity contribution in [2.45, 2.75) is 32.4 Å². The standard InChI is InChI=1S/C15H21NO4/c1-3-19-15(17)10-20-13-7-4-11(8-14(13)18-2)9-16-12-5-6-12/h4,7-8,12,16H,3,5-6,9-10H2,1-2H3. The molecule has 0 spiro atoms. The predicted octanol–water partition coefficient (Wildman–Crippen LogP) is 1.89. The Morgan fingerprint density at radius 3 is 2.80 bits per heavy atom. The molecule has 0 aromatic heterocycles. The molecule has 1 aliphatic rings. The van der Waals surface area contributed by atoms with Crippen LogP contribution in [-0.2, 0) is 16.1 Å². The molecule has 0 saturated heterocycles. The molecule has 1 N–H and O–H groups in total. The molecule has 0 heterocycles. The van der Waals surface area contributed by atoms with Crippen molar-refractivity contribution in [1.29, 1.82) is 0 Å². The Bertz CT molecular complexity index is 457. The lowest BCUT2D eigenvalue weighted by atomic mass is 10.2. The van der Waals surface area contributed by atoms with Gasteiger partial charge in [-0.1, -0.05) is 6.07 Å². The van der Waals surface area contributed by atoms with Gasteiger partial charge < -0.3 is 19.5 Å². The highest BCUT2D eigenvalue weighted by atomic mass is 16.6. The lowest BCUT2D eigenvalue weighted by Gasteiger charge is -2.12. The Morgan fingerprint density at radius 2 is 2.15 bits per heavy atom. The van der Waals surface area contributed by atoms with Crippen LogP contribution in [0.15, 0.2) is 18.2 Å². The summed E-state index contributed by atoms with van der Waals surface area (Å²) in [5.41, 5.74) is 1.14. The first kappa shape index (κ1) is 14.7. The van der Waals surface area contributed by atoms with Gasteiger partial charge >= 0.3 is 5.97 Å². The number of ether oxygens (including phenoxy) is 3. The van der Waals surface area contributed by atoms with E-state index in [0.717, 1.165) is 12.1 Å². The van der Waals surface area contributed by atoms with Gasteiger partial charge in [0.2, 0.25) is 0 Å². The molecule has 1 aliphatic carbocycles. The molecule has 0 atom stereocenters. The zero-order chi connectivity index (χ0) is 14.4. The van der Waals surface area contributed by atoms with Gasteiger partial charge in [0, 0.05) is 12.6 Å². The van der Waals surface area contributed by atoms with Crippen LogP contribution in [0.1, 0.15) is 25.3 Å². The van der Waals surface area contributed by atoms with Gasteiger partial charge in [0.1, 0.15) is 0 Å². The Kier molecular flexibility index (Phi) is 5.24. The number of hydrogen-bond donors (Lipinski definition) is 1. The molecule has 20 heavy (non-hydrogen) atoms. The summed E-state index contributed by atoms with van der Waals surface area (Å²) in [6.45, 7) is 2.83. The fraction of sp³-hybridized carbons (Fsp3) is 0.533. The molecule has 0 aliphatic heterocycles. The number of methoxy groups -OCH3 is 1. The highest BCUT2D eigenvalue weighted by Gasteiger charge is 2.20. The summed E-state index contributed by atoms with van der Waals surface area (Å²) < 4.78 is 15.5. The van der Waals surface area contributed by atoms with Crippen LogP contribution in [-0.4, -0.2) is 32.3 Å². The Balaban J connectivity index is 1.91. The summed E-state index contributed by atoms with van der Waals surface area (Å²) in [5, 5.41) is 3.44. The maximum atomic E-state index is 11.3. The van der Waals surface area contributed by atoms with Crippen molar-refractivity contribution < 1.29 is 19.0 Å². The molecule has 0 amide bonds. The number of nitrogens with one attached hydrogen (secondary N) is 1. The van der Waals surface area contributed by atoms with Gasteiger partial charge in [-0.2, -0.15) is 0 Å². The van der Waals surface area contributed by atoms with Crippen molar-refractivity contribution in [1.82, 2.24) is 5.32 Å². The second kappa shape index (κ2) is 7.14. The van der Waals surface area contributed by atoms with Crippen LogP contribution < -0.4 is 14.8 Å². The van der Waals surface area contributed by atoms with E-state index < -0.39 is 0 Å². The number of carbonyl (C=O) groups is 1. The monoisotopic (exact) mass is 279 g/mol. The molecule has 2 rings (SSSR count). The van der Waals surface area contributed by atoms with Crippen molar-refractivity contribution in [3.63, 3.8) is 0 Å². The molecule has 1 saturated carbocycles. The highest BCUT2D eigenvalue weighted by molar-refractivity contribution is 5.71. The zero-order valence-corrected chi connectivity index (χ0v) is 12.0. The van der Waals surface area contributed by atoms with E-state index >= 15 is 0 Å². The zero-order valence-electron chi connectivity index (χ0n) is 12.0. The van der Waals surface area contributed by atoms with E-state index in [1.54, 1.807) is 14.0 Å². The molecule has 0 radical (unpaired) electrons. The Labute approximate surface area is 119 Å². The SMILES string of the molecule is CCOC(=O)COc1ccc(CNC2CC2)cc1OC. The average molecular weight is 279 g/mol.